The lowest BCUT2D eigenvalue weighted by molar-refractivity contribution is 0.366. The van der Waals surface area contributed by atoms with Crippen molar-refractivity contribution < 1.29 is 0 Å². The van der Waals surface area contributed by atoms with E-state index in [-0.39, 0.29) is 5.41 Å². The van der Waals surface area contributed by atoms with Gasteiger partial charge in [-0.25, -0.2) is 0 Å². The second-order valence-electron chi connectivity index (χ2n) is 5.13. The SMILES string of the molecule is Cc1cc(C)cc(C2(C#N)CCCCC2)c1. The molecule has 1 aliphatic carbocycles. The van der Waals surface area contributed by atoms with Crippen molar-refractivity contribution >= 4 is 0 Å². The lowest BCUT2D eigenvalue weighted by atomic mass is 9.70. The van der Waals surface area contributed by atoms with E-state index in [0.29, 0.717) is 0 Å². The van der Waals surface area contributed by atoms with E-state index in [4.69, 9.17) is 0 Å². The monoisotopic (exact) mass is 213 g/mol. The van der Waals surface area contributed by atoms with E-state index in [1.807, 2.05) is 0 Å². The molecule has 0 aliphatic heterocycles. The molecule has 0 radical (unpaired) electrons. The van der Waals surface area contributed by atoms with E-state index in [0.717, 1.165) is 12.8 Å². The Bertz CT molecular complexity index is 399. The first-order chi connectivity index (χ1) is 7.66. The summed E-state index contributed by atoms with van der Waals surface area (Å²) in [6.45, 7) is 4.23. The molecule has 0 heterocycles. The summed E-state index contributed by atoms with van der Waals surface area (Å²) in [5, 5.41) is 9.53. The highest BCUT2D eigenvalue weighted by Crippen LogP contribution is 2.39. The molecule has 0 spiro atoms. The first-order valence-electron chi connectivity index (χ1n) is 6.16. The minimum absolute atomic E-state index is 0.199. The lowest BCUT2D eigenvalue weighted by Crippen LogP contribution is -2.27. The largest absolute Gasteiger partial charge is 0.197 e. The van der Waals surface area contributed by atoms with Crippen LogP contribution in [-0.4, -0.2) is 0 Å². The standard InChI is InChI=1S/C15H19N/c1-12-8-13(2)10-14(9-12)15(11-16)6-4-3-5-7-15/h8-10H,3-7H2,1-2H3. The molecule has 1 heteroatoms. The molecule has 16 heavy (non-hydrogen) atoms. The summed E-state index contributed by atoms with van der Waals surface area (Å²) in [6, 6.07) is 9.16. The highest BCUT2D eigenvalue weighted by molar-refractivity contribution is 5.38. The molecule has 1 aliphatic rings. The first-order valence-corrected chi connectivity index (χ1v) is 6.16. The Morgan fingerprint density at radius 3 is 2.06 bits per heavy atom. The fraction of sp³-hybridized carbons (Fsp3) is 0.533. The van der Waals surface area contributed by atoms with Gasteiger partial charge in [0.05, 0.1) is 11.5 Å². The van der Waals surface area contributed by atoms with E-state index >= 15 is 0 Å². The van der Waals surface area contributed by atoms with Crippen molar-refractivity contribution in [1.82, 2.24) is 0 Å². The molecule has 1 fully saturated rings. The van der Waals surface area contributed by atoms with Gasteiger partial charge in [0.1, 0.15) is 0 Å². The molecule has 84 valence electrons. The fourth-order valence-electron chi connectivity index (χ4n) is 2.87. The van der Waals surface area contributed by atoms with Gasteiger partial charge in [-0.2, -0.15) is 5.26 Å². The van der Waals surface area contributed by atoms with Gasteiger partial charge in [-0.05, 0) is 32.3 Å². The smallest absolute Gasteiger partial charge is 0.0822 e. The highest BCUT2D eigenvalue weighted by atomic mass is 14.4. The molecule has 1 aromatic rings. The van der Waals surface area contributed by atoms with Crippen LogP contribution >= 0.6 is 0 Å². The molecule has 0 saturated heterocycles. The third-order valence-electron chi connectivity index (χ3n) is 3.70. The van der Waals surface area contributed by atoms with Gasteiger partial charge in [0.15, 0.2) is 0 Å². The number of aryl methyl sites for hydroxylation is 2. The topological polar surface area (TPSA) is 23.8 Å². The number of nitrogens with zero attached hydrogens (tertiary/aromatic N) is 1. The summed E-state index contributed by atoms with van der Waals surface area (Å²) >= 11 is 0. The van der Waals surface area contributed by atoms with Crippen LogP contribution in [-0.2, 0) is 5.41 Å². The van der Waals surface area contributed by atoms with Crippen LogP contribution in [0.5, 0.6) is 0 Å². The van der Waals surface area contributed by atoms with Crippen LogP contribution in [0.3, 0.4) is 0 Å². The molecule has 0 bridgehead atoms. The van der Waals surface area contributed by atoms with Crippen molar-refractivity contribution in [2.45, 2.75) is 51.4 Å². The van der Waals surface area contributed by atoms with E-state index in [2.05, 4.69) is 38.1 Å². The van der Waals surface area contributed by atoms with Crippen molar-refractivity contribution in [3.8, 4) is 6.07 Å². The van der Waals surface area contributed by atoms with Gasteiger partial charge in [0.25, 0.3) is 0 Å². The van der Waals surface area contributed by atoms with Crippen LogP contribution in [0.15, 0.2) is 18.2 Å². The molecule has 0 N–H and O–H groups in total. The molecule has 1 saturated carbocycles. The van der Waals surface area contributed by atoms with Crippen LogP contribution in [0.2, 0.25) is 0 Å². The Morgan fingerprint density at radius 2 is 1.56 bits per heavy atom. The van der Waals surface area contributed by atoms with Crippen molar-refractivity contribution in [3.63, 3.8) is 0 Å². The van der Waals surface area contributed by atoms with Gasteiger partial charge in [-0.15, -0.1) is 0 Å². The summed E-state index contributed by atoms with van der Waals surface area (Å²) in [4.78, 5) is 0. The van der Waals surface area contributed by atoms with Crippen LogP contribution < -0.4 is 0 Å². The normalized spacial score (nSPS) is 19.1. The summed E-state index contributed by atoms with van der Waals surface area (Å²) < 4.78 is 0. The second kappa shape index (κ2) is 4.29. The van der Waals surface area contributed by atoms with Crippen molar-refractivity contribution in [1.29, 1.82) is 5.26 Å². The number of benzene rings is 1. The predicted octanol–water partition coefficient (Wildman–Crippen LogP) is 4.03. The minimum atomic E-state index is -0.199. The summed E-state index contributed by atoms with van der Waals surface area (Å²) in [5.41, 5.74) is 3.59. The highest BCUT2D eigenvalue weighted by Gasteiger charge is 2.34. The van der Waals surface area contributed by atoms with Gasteiger partial charge in [0, 0.05) is 0 Å². The Balaban J connectivity index is 2.43. The van der Waals surface area contributed by atoms with E-state index in [9.17, 15) is 5.26 Å². The van der Waals surface area contributed by atoms with E-state index < -0.39 is 0 Å². The zero-order chi connectivity index (χ0) is 11.6. The van der Waals surface area contributed by atoms with Gasteiger partial charge in [-0.3, -0.25) is 0 Å². The van der Waals surface area contributed by atoms with Crippen molar-refractivity contribution in [3.05, 3.63) is 34.9 Å². The quantitative estimate of drug-likeness (QED) is 0.691. The Morgan fingerprint density at radius 1 is 1.00 bits per heavy atom. The molecule has 0 aromatic heterocycles. The number of hydrogen-bond acceptors (Lipinski definition) is 1. The van der Waals surface area contributed by atoms with E-state index in [1.54, 1.807) is 0 Å². The Kier molecular flexibility index (Phi) is 3.01. The van der Waals surface area contributed by atoms with Gasteiger partial charge >= 0.3 is 0 Å². The van der Waals surface area contributed by atoms with Crippen LogP contribution in [0.1, 0.15) is 48.8 Å². The average Bonchev–Trinajstić information content (AvgIpc) is 2.28. The molecule has 0 unspecified atom stereocenters. The molecule has 0 atom stereocenters. The van der Waals surface area contributed by atoms with Crippen LogP contribution in [0.25, 0.3) is 0 Å². The maximum Gasteiger partial charge on any atom is 0.0822 e. The van der Waals surface area contributed by atoms with Crippen LogP contribution in [0, 0.1) is 25.2 Å². The third kappa shape index (κ3) is 1.97. The number of rotatable bonds is 1. The molecular weight excluding hydrogens is 194 g/mol. The zero-order valence-corrected chi connectivity index (χ0v) is 10.2. The Labute approximate surface area is 98.1 Å². The van der Waals surface area contributed by atoms with Gasteiger partial charge < -0.3 is 0 Å². The average molecular weight is 213 g/mol. The molecule has 1 nitrogen and oxygen atoms in total. The van der Waals surface area contributed by atoms with Crippen LogP contribution in [0.4, 0.5) is 0 Å². The molecule has 0 amide bonds. The predicted molar refractivity (Wildman–Crippen MR) is 66.3 cm³/mol. The summed E-state index contributed by atoms with van der Waals surface area (Å²) in [7, 11) is 0. The minimum Gasteiger partial charge on any atom is -0.197 e. The summed E-state index contributed by atoms with van der Waals surface area (Å²) in [6.07, 6.45) is 5.74. The van der Waals surface area contributed by atoms with Gasteiger partial charge in [0.2, 0.25) is 0 Å². The van der Waals surface area contributed by atoms with Crippen molar-refractivity contribution in [2.24, 2.45) is 0 Å². The first kappa shape index (κ1) is 11.2. The third-order valence-corrected chi connectivity index (χ3v) is 3.70. The molecule has 2 rings (SSSR count). The molecular formula is C15H19N. The second-order valence-corrected chi connectivity index (χ2v) is 5.13. The summed E-state index contributed by atoms with van der Waals surface area (Å²) in [5.74, 6) is 0. The molecule has 1 aromatic carbocycles. The maximum absolute atomic E-state index is 9.53. The van der Waals surface area contributed by atoms with E-state index in [1.165, 1.54) is 36.0 Å². The van der Waals surface area contributed by atoms with Crippen molar-refractivity contribution in [2.75, 3.05) is 0 Å². The fourth-order valence-corrected chi connectivity index (χ4v) is 2.87. The maximum atomic E-state index is 9.53. The number of hydrogen-bond donors (Lipinski definition) is 0. The lowest BCUT2D eigenvalue weighted by Gasteiger charge is -2.31. The Hall–Kier alpha value is -1.29. The number of nitriles is 1. The van der Waals surface area contributed by atoms with Gasteiger partial charge in [-0.1, -0.05) is 48.6 Å². The zero-order valence-electron chi connectivity index (χ0n) is 10.2.